The van der Waals surface area contributed by atoms with Crippen LogP contribution in [0.2, 0.25) is 0 Å². The van der Waals surface area contributed by atoms with Crippen LogP contribution in [0.3, 0.4) is 0 Å². The standard InChI is InChI=1S/C39H55N/c1-39(2,3)32-22-20-28-24-30(19-18-29(28)25-32)38(27-12-6-4-7-13-27)31-21-23-37-35(26-31)34-16-10-11-17-36(34)40(37)33-14-8-5-9-15-33/h6,8,12,14,17,21,23,26-30,32-34,38H,4-5,7,9-11,13,15-16,18-20,22,24-25H2,1-3H3/t27?,28?,29?,30?,32-,33?,34?,38?/m1/s1. The third kappa shape index (κ3) is 5.07. The fourth-order valence-corrected chi connectivity index (χ4v) is 10.3. The summed E-state index contributed by atoms with van der Waals surface area (Å²) in [7, 11) is 0. The number of benzene rings is 1. The highest BCUT2D eigenvalue weighted by Gasteiger charge is 2.43. The SMILES string of the molecule is CC(C)(C)[C@@H]1CCC2CC(C(c3ccc4c(c3)C3CCCC=C3N4C3C=CCCC3)C3C=CCCC3)CCC2C1. The second-order valence-electron chi connectivity index (χ2n) is 15.7. The fraction of sp³-hybridized carbons (Fsp3) is 0.692. The molecule has 5 aliphatic carbocycles. The Morgan fingerprint density at radius 1 is 0.775 bits per heavy atom. The van der Waals surface area contributed by atoms with Crippen molar-refractivity contribution >= 4 is 5.69 Å². The van der Waals surface area contributed by atoms with Crippen LogP contribution in [0.5, 0.6) is 0 Å². The van der Waals surface area contributed by atoms with Crippen LogP contribution in [0, 0.1) is 35.0 Å². The molecule has 2 saturated carbocycles. The van der Waals surface area contributed by atoms with Gasteiger partial charge in [-0.2, -0.15) is 0 Å². The van der Waals surface area contributed by atoms with Crippen LogP contribution in [-0.2, 0) is 0 Å². The number of hydrogen-bond acceptors (Lipinski definition) is 1. The van der Waals surface area contributed by atoms with Crippen molar-refractivity contribution < 1.29 is 0 Å². The molecule has 0 N–H and O–H groups in total. The number of allylic oxidation sites excluding steroid dienone is 5. The minimum atomic E-state index is 0.482. The molecule has 1 aromatic rings. The Hall–Kier alpha value is -1.76. The van der Waals surface area contributed by atoms with Gasteiger partial charge in [0, 0.05) is 17.3 Å². The zero-order valence-electron chi connectivity index (χ0n) is 25.8. The molecule has 0 radical (unpaired) electrons. The van der Waals surface area contributed by atoms with Crippen molar-refractivity contribution in [3.63, 3.8) is 0 Å². The van der Waals surface area contributed by atoms with Gasteiger partial charge >= 0.3 is 0 Å². The van der Waals surface area contributed by atoms with E-state index in [0.29, 0.717) is 23.3 Å². The molecular formula is C39H55N. The average molecular weight is 538 g/mol. The molecule has 1 aliphatic heterocycles. The van der Waals surface area contributed by atoms with Crippen LogP contribution in [0.15, 0.2) is 54.3 Å². The number of nitrogens with zero attached hydrogens (tertiary/aromatic N) is 1. The first kappa shape index (κ1) is 27.1. The summed E-state index contributed by atoms with van der Waals surface area (Å²) in [4.78, 5) is 2.77. The van der Waals surface area contributed by atoms with E-state index in [-0.39, 0.29) is 0 Å². The van der Waals surface area contributed by atoms with E-state index in [0.717, 1.165) is 29.6 Å². The van der Waals surface area contributed by atoms with E-state index in [1.165, 1.54) is 96.3 Å². The third-order valence-electron chi connectivity index (χ3n) is 12.5. The molecule has 216 valence electrons. The largest absolute Gasteiger partial charge is 0.338 e. The molecule has 1 heterocycles. The topological polar surface area (TPSA) is 3.24 Å². The highest BCUT2D eigenvalue weighted by Crippen LogP contribution is 2.55. The lowest BCUT2D eigenvalue weighted by Gasteiger charge is -2.48. The molecule has 7 unspecified atom stereocenters. The molecular weight excluding hydrogens is 482 g/mol. The number of hydrogen-bond donors (Lipinski definition) is 0. The normalized spacial score (nSPS) is 36.4. The molecule has 8 atom stereocenters. The lowest BCUT2D eigenvalue weighted by Crippen LogP contribution is -2.37. The summed E-state index contributed by atoms with van der Waals surface area (Å²) in [5.41, 5.74) is 7.02. The summed E-state index contributed by atoms with van der Waals surface area (Å²) >= 11 is 0. The van der Waals surface area contributed by atoms with Crippen LogP contribution < -0.4 is 4.90 Å². The Bertz CT molecular complexity index is 1150. The molecule has 0 amide bonds. The van der Waals surface area contributed by atoms with Crippen molar-refractivity contribution in [1.82, 2.24) is 0 Å². The summed E-state index contributed by atoms with van der Waals surface area (Å²) in [6.07, 6.45) is 33.5. The lowest BCUT2D eigenvalue weighted by molar-refractivity contribution is 0.0442. The highest BCUT2D eigenvalue weighted by molar-refractivity contribution is 5.70. The predicted octanol–water partition coefficient (Wildman–Crippen LogP) is 11.1. The van der Waals surface area contributed by atoms with Gasteiger partial charge in [0.05, 0.1) is 6.04 Å². The minimum absolute atomic E-state index is 0.482. The van der Waals surface area contributed by atoms with E-state index in [2.05, 4.69) is 74.3 Å². The lowest BCUT2D eigenvalue weighted by atomic mass is 9.57. The second kappa shape index (κ2) is 11.1. The van der Waals surface area contributed by atoms with Gasteiger partial charge in [-0.3, -0.25) is 0 Å². The first-order valence-corrected chi connectivity index (χ1v) is 17.4. The van der Waals surface area contributed by atoms with E-state index < -0.39 is 0 Å². The molecule has 1 aromatic carbocycles. The van der Waals surface area contributed by atoms with E-state index in [1.807, 2.05) is 0 Å². The van der Waals surface area contributed by atoms with Crippen LogP contribution in [0.4, 0.5) is 5.69 Å². The van der Waals surface area contributed by atoms with Crippen molar-refractivity contribution in [1.29, 1.82) is 0 Å². The maximum atomic E-state index is 2.77. The maximum Gasteiger partial charge on any atom is 0.0519 e. The van der Waals surface area contributed by atoms with E-state index in [1.54, 1.807) is 22.5 Å². The molecule has 7 rings (SSSR count). The smallest absolute Gasteiger partial charge is 0.0519 e. The minimum Gasteiger partial charge on any atom is -0.338 e. The molecule has 1 heteroatoms. The Morgan fingerprint density at radius 2 is 1.55 bits per heavy atom. The van der Waals surface area contributed by atoms with Gasteiger partial charge in [0.15, 0.2) is 0 Å². The van der Waals surface area contributed by atoms with E-state index >= 15 is 0 Å². The molecule has 6 aliphatic rings. The van der Waals surface area contributed by atoms with Crippen LogP contribution in [0.1, 0.15) is 140 Å². The summed E-state index contributed by atoms with van der Waals surface area (Å²) in [6, 6.07) is 8.49. The monoisotopic (exact) mass is 537 g/mol. The quantitative estimate of drug-likeness (QED) is 0.345. The molecule has 0 saturated heterocycles. The van der Waals surface area contributed by atoms with Crippen LogP contribution in [-0.4, -0.2) is 6.04 Å². The summed E-state index contributed by atoms with van der Waals surface area (Å²) < 4.78 is 0. The van der Waals surface area contributed by atoms with E-state index in [9.17, 15) is 0 Å². The number of fused-ring (bicyclic) bond motifs is 4. The summed E-state index contributed by atoms with van der Waals surface area (Å²) in [5.74, 6) is 5.83. The third-order valence-corrected chi connectivity index (χ3v) is 12.5. The molecule has 1 nitrogen and oxygen atoms in total. The predicted molar refractivity (Wildman–Crippen MR) is 171 cm³/mol. The van der Waals surface area contributed by atoms with Crippen molar-refractivity contribution in [3.05, 3.63) is 65.4 Å². The Morgan fingerprint density at radius 3 is 2.33 bits per heavy atom. The summed E-state index contributed by atoms with van der Waals surface area (Å²) in [5, 5.41) is 0. The number of rotatable bonds is 4. The average Bonchev–Trinajstić information content (AvgIpc) is 3.31. The molecule has 0 spiro atoms. The van der Waals surface area contributed by atoms with Gasteiger partial charge in [0.2, 0.25) is 0 Å². The van der Waals surface area contributed by atoms with Crippen molar-refractivity contribution in [2.24, 2.45) is 35.0 Å². The number of anilines is 1. The first-order chi connectivity index (χ1) is 19.5. The second-order valence-corrected chi connectivity index (χ2v) is 15.7. The Labute approximate surface area is 245 Å². The van der Waals surface area contributed by atoms with Gasteiger partial charge in [0.25, 0.3) is 0 Å². The zero-order valence-corrected chi connectivity index (χ0v) is 25.8. The Kier molecular flexibility index (Phi) is 7.55. The Balaban J connectivity index is 1.19. The molecule has 40 heavy (non-hydrogen) atoms. The van der Waals surface area contributed by atoms with Gasteiger partial charge in [-0.25, -0.2) is 0 Å². The van der Waals surface area contributed by atoms with Gasteiger partial charge in [0.1, 0.15) is 0 Å². The zero-order chi connectivity index (χ0) is 27.3. The van der Waals surface area contributed by atoms with Gasteiger partial charge < -0.3 is 4.90 Å². The highest BCUT2D eigenvalue weighted by atomic mass is 15.2. The summed E-state index contributed by atoms with van der Waals surface area (Å²) in [6.45, 7) is 7.46. The first-order valence-electron chi connectivity index (χ1n) is 17.4. The van der Waals surface area contributed by atoms with Gasteiger partial charge in [-0.05, 0) is 154 Å². The van der Waals surface area contributed by atoms with Crippen molar-refractivity contribution in [2.45, 2.75) is 135 Å². The van der Waals surface area contributed by atoms with Gasteiger partial charge in [-0.1, -0.05) is 63.3 Å². The van der Waals surface area contributed by atoms with Crippen molar-refractivity contribution in [3.8, 4) is 0 Å². The van der Waals surface area contributed by atoms with E-state index in [4.69, 9.17) is 0 Å². The van der Waals surface area contributed by atoms with Gasteiger partial charge in [-0.15, -0.1) is 0 Å². The maximum absolute atomic E-state index is 2.77. The molecule has 0 aromatic heterocycles. The molecule has 2 fully saturated rings. The van der Waals surface area contributed by atoms with Crippen molar-refractivity contribution in [2.75, 3.05) is 4.90 Å². The van der Waals surface area contributed by atoms with Crippen LogP contribution >= 0.6 is 0 Å². The van der Waals surface area contributed by atoms with Crippen LogP contribution in [0.25, 0.3) is 0 Å². The molecule has 0 bridgehead atoms. The fourth-order valence-electron chi connectivity index (χ4n) is 10.3.